The topological polar surface area (TPSA) is 69.4 Å². The van der Waals surface area contributed by atoms with E-state index >= 15 is 0 Å². The molecule has 0 bridgehead atoms. The van der Waals surface area contributed by atoms with Crippen molar-refractivity contribution in [1.29, 1.82) is 0 Å². The molecule has 3 aromatic rings. The lowest BCUT2D eigenvalue weighted by molar-refractivity contribution is 0.100. The first-order chi connectivity index (χ1) is 8.24. The van der Waals surface area contributed by atoms with Crippen LogP contribution in [-0.2, 0) is 0 Å². The number of carbonyl (C=O) groups excluding carboxylic acids is 1. The van der Waals surface area contributed by atoms with Gasteiger partial charge in [0.2, 0.25) is 0 Å². The third kappa shape index (κ3) is 1.31. The Kier molecular flexibility index (Phi) is 2.21. The maximum atomic E-state index is 11.9. The second kappa shape index (κ2) is 3.61. The SMILES string of the molecule is NCC(=O)c1c2ccoc2c(Cl)c2ccoc12. The molecule has 0 aliphatic heterocycles. The number of hydrogen-bond donors (Lipinski definition) is 1. The fourth-order valence-corrected chi connectivity index (χ4v) is 2.27. The molecule has 0 aliphatic carbocycles. The molecule has 0 atom stereocenters. The highest BCUT2D eigenvalue weighted by Gasteiger charge is 2.21. The first-order valence-corrected chi connectivity index (χ1v) is 5.41. The fourth-order valence-electron chi connectivity index (χ4n) is 1.98. The molecule has 0 spiro atoms. The smallest absolute Gasteiger partial charge is 0.180 e. The minimum atomic E-state index is -0.201. The number of nitrogens with two attached hydrogens (primary N) is 1. The Morgan fingerprint density at radius 1 is 1.18 bits per heavy atom. The lowest BCUT2D eigenvalue weighted by Gasteiger charge is -2.03. The third-order valence-electron chi connectivity index (χ3n) is 2.73. The number of halogens is 1. The van der Waals surface area contributed by atoms with Gasteiger partial charge in [0.25, 0.3) is 0 Å². The molecular weight excluding hydrogens is 242 g/mol. The average molecular weight is 250 g/mol. The normalized spacial score (nSPS) is 11.4. The Morgan fingerprint density at radius 2 is 1.82 bits per heavy atom. The van der Waals surface area contributed by atoms with Gasteiger partial charge in [-0.2, -0.15) is 0 Å². The van der Waals surface area contributed by atoms with E-state index in [0.717, 1.165) is 0 Å². The summed E-state index contributed by atoms with van der Waals surface area (Å²) in [6, 6.07) is 3.39. The summed E-state index contributed by atoms with van der Waals surface area (Å²) in [6.45, 7) is -0.0856. The highest BCUT2D eigenvalue weighted by Crippen LogP contribution is 2.37. The summed E-state index contributed by atoms with van der Waals surface area (Å²) in [6.07, 6.45) is 2.98. The minimum absolute atomic E-state index is 0.0856. The van der Waals surface area contributed by atoms with Crippen LogP contribution in [0.4, 0.5) is 0 Å². The van der Waals surface area contributed by atoms with Crippen molar-refractivity contribution in [2.24, 2.45) is 5.73 Å². The maximum Gasteiger partial charge on any atom is 0.180 e. The summed E-state index contributed by atoms with van der Waals surface area (Å²) in [7, 11) is 0. The Hall–Kier alpha value is -1.78. The Morgan fingerprint density at radius 3 is 2.53 bits per heavy atom. The molecule has 2 aromatic heterocycles. The third-order valence-corrected chi connectivity index (χ3v) is 3.10. The molecule has 4 nitrogen and oxygen atoms in total. The van der Waals surface area contributed by atoms with Crippen LogP contribution in [-0.4, -0.2) is 12.3 Å². The fraction of sp³-hybridized carbons (Fsp3) is 0.0833. The molecule has 5 heteroatoms. The molecule has 1 aromatic carbocycles. The van der Waals surface area contributed by atoms with Gasteiger partial charge in [0, 0.05) is 10.8 Å². The van der Waals surface area contributed by atoms with Gasteiger partial charge < -0.3 is 14.6 Å². The zero-order chi connectivity index (χ0) is 12.0. The van der Waals surface area contributed by atoms with Crippen molar-refractivity contribution in [3.8, 4) is 0 Å². The lowest BCUT2D eigenvalue weighted by atomic mass is 10.0. The molecule has 0 amide bonds. The monoisotopic (exact) mass is 249 g/mol. The van der Waals surface area contributed by atoms with Crippen LogP contribution >= 0.6 is 11.6 Å². The molecule has 0 saturated carbocycles. The van der Waals surface area contributed by atoms with E-state index in [-0.39, 0.29) is 12.3 Å². The van der Waals surface area contributed by atoms with Gasteiger partial charge in [0.15, 0.2) is 11.4 Å². The molecule has 0 radical (unpaired) electrons. The van der Waals surface area contributed by atoms with Gasteiger partial charge in [0.1, 0.15) is 5.58 Å². The number of ketones is 1. The zero-order valence-electron chi connectivity index (χ0n) is 8.70. The van der Waals surface area contributed by atoms with Crippen LogP contribution in [0, 0.1) is 0 Å². The number of benzene rings is 1. The van der Waals surface area contributed by atoms with Gasteiger partial charge in [0.05, 0.1) is 29.7 Å². The van der Waals surface area contributed by atoms with Crippen molar-refractivity contribution in [2.75, 3.05) is 6.54 Å². The summed E-state index contributed by atoms with van der Waals surface area (Å²) in [5, 5.41) is 1.74. The number of carbonyl (C=O) groups is 1. The Labute approximate surface area is 101 Å². The van der Waals surface area contributed by atoms with E-state index in [1.807, 2.05) is 0 Å². The number of hydrogen-bond acceptors (Lipinski definition) is 4. The highest BCUT2D eigenvalue weighted by atomic mass is 35.5. The Balaban J connectivity index is 2.57. The molecule has 0 saturated heterocycles. The van der Waals surface area contributed by atoms with Crippen LogP contribution in [0.15, 0.2) is 33.5 Å². The quantitative estimate of drug-likeness (QED) is 0.709. The summed E-state index contributed by atoms with van der Waals surface area (Å²) < 4.78 is 10.6. The molecule has 2 N–H and O–H groups in total. The number of furan rings is 2. The minimum Gasteiger partial charge on any atom is -0.463 e. The molecule has 2 heterocycles. The zero-order valence-corrected chi connectivity index (χ0v) is 9.45. The van der Waals surface area contributed by atoms with E-state index < -0.39 is 0 Å². The Bertz CT molecular complexity index is 674. The van der Waals surface area contributed by atoms with Gasteiger partial charge in [-0.05, 0) is 12.1 Å². The van der Waals surface area contributed by atoms with Crippen molar-refractivity contribution in [2.45, 2.75) is 0 Å². The number of fused-ring (bicyclic) bond motifs is 2. The first-order valence-electron chi connectivity index (χ1n) is 5.03. The van der Waals surface area contributed by atoms with Gasteiger partial charge >= 0.3 is 0 Å². The second-order valence-electron chi connectivity index (χ2n) is 3.64. The van der Waals surface area contributed by atoms with Gasteiger partial charge in [-0.25, -0.2) is 0 Å². The molecule has 0 aliphatic rings. The first kappa shape index (κ1) is 10.4. The predicted octanol–water partition coefficient (Wildman–Crippen LogP) is 2.97. The van der Waals surface area contributed by atoms with E-state index in [1.165, 1.54) is 12.5 Å². The van der Waals surface area contributed by atoms with E-state index in [0.29, 0.717) is 32.5 Å². The largest absolute Gasteiger partial charge is 0.463 e. The summed E-state index contributed by atoms with van der Waals surface area (Å²) >= 11 is 6.18. The van der Waals surface area contributed by atoms with Crippen LogP contribution in [0.1, 0.15) is 10.4 Å². The van der Waals surface area contributed by atoms with E-state index in [2.05, 4.69) is 0 Å². The molecule has 17 heavy (non-hydrogen) atoms. The lowest BCUT2D eigenvalue weighted by Crippen LogP contribution is -2.14. The molecule has 86 valence electrons. The van der Waals surface area contributed by atoms with Crippen molar-refractivity contribution >= 4 is 39.3 Å². The van der Waals surface area contributed by atoms with E-state index in [4.69, 9.17) is 26.2 Å². The summed E-state index contributed by atoms with van der Waals surface area (Å²) in [4.78, 5) is 11.9. The molecule has 0 fully saturated rings. The van der Waals surface area contributed by atoms with Crippen molar-refractivity contribution in [1.82, 2.24) is 0 Å². The van der Waals surface area contributed by atoms with Crippen LogP contribution in [0.25, 0.3) is 21.9 Å². The maximum absolute atomic E-state index is 11.9. The van der Waals surface area contributed by atoms with Gasteiger partial charge in [-0.3, -0.25) is 4.79 Å². The van der Waals surface area contributed by atoms with Crippen LogP contribution in [0.3, 0.4) is 0 Å². The second-order valence-corrected chi connectivity index (χ2v) is 4.02. The standard InChI is InChI=1S/C12H8ClNO3/c13-10-7-2-4-16-11(7)9(8(15)5-14)6-1-3-17-12(6)10/h1-4H,5,14H2. The van der Waals surface area contributed by atoms with Gasteiger partial charge in [-0.15, -0.1) is 0 Å². The van der Waals surface area contributed by atoms with Gasteiger partial charge in [-0.1, -0.05) is 11.6 Å². The van der Waals surface area contributed by atoms with Crippen molar-refractivity contribution in [3.05, 3.63) is 35.2 Å². The van der Waals surface area contributed by atoms with Crippen molar-refractivity contribution < 1.29 is 13.6 Å². The van der Waals surface area contributed by atoms with E-state index in [1.54, 1.807) is 12.1 Å². The van der Waals surface area contributed by atoms with Crippen molar-refractivity contribution in [3.63, 3.8) is 0 Å². The average Bonchev–Trinajstić information content (AvgIpc) is 2.96. The number of Topliss-reactive ketones (excluding diaryl/α,β-unsaturated/α-hetero) is 1. The summed E-state index contributed by atoms with van der Waals surface area (Å²) in [5.74, 6) is -0.201. The highest BCUT2D eigenvalue weighted by molar-refractivity contribution is 6.41. The predicted molar refractivity (Wildman–Crippen MR) is 64.4 cm³/mol. The van der Waals surface area contributed by atoms with Crippen LogP contribution in [0.5, 0.6) is 0 Å². The number of rotatable bonds is 2. The molecular formula is C12H8ClNO3. The van der Waals surface area contributed by atoms with E-state index in [9.17, 15) is 4.79 Å². The summed E-state index contributed by atoms with van der Waals surface area (Å²) in [5.41, 5.74) is 6.78. The van der Waals surface area contributed by atoms with Crippen LogP contribution < -0.4 is 5.73 Å². The molecule has 0 unspecified atom stereocenters. The molecule has 3 rings (SSSR count). The van der Waals surface area contributed by atoms with Crippen LogP contribution in [0.2, 0.25) is 5.02 Å².